The van der Waals surface area contributed by atoms with Crippen LogP contribution in [0.1, 0.15) is 24.1 Å². The molecule has 0 spiro atoms. The number of ether oxygens (including phenoxy) is 1. The van der Waals surface area contributed by atoms with Gasteiger partial charge in [-0.05, 0) is 25.0 Å². The van der Waals surface area contributed by atoms with Crippen LogP contribution < -0.4 is 10.5 Å². The zero-order valence-corrected chi connectivity index (χ0v) is 10.8. The quantitative estimate of drug-likeness (QED) is 0.877. The van der Waals surface area contributed by atoms with Gasteiger partial charge in [0.15, 0.2) is 0 Å². The number of para-hydroxylation sites is 1. The second-order valence-electron chi connectivity index (χ2n) is 4.30. The van der Waals surface area contributed by atoms with E-state index >= 15 is 0 Å². The lowest BCUT2D eigenvalue weighted by atomic mass is 10.0. The molecule has 1 heterocycles. The van der Waals surface area contributed by atoms with Crippen LogP contribution in [0, 0.1) is 0 Å². The van der Waals surface area contributed by atoms with Crippen molar-refractivity contribution in [3.63, 3.8) is 0 Å². The maximum Gasteiger partial charge on any atom is 0.124 e. The summed E-state index contributed by atoms with van der Waals surface area (Å²) >= 11 is 0. The van der Waals surface area contributed by atoms with Gasteiger partial charge in [-0.25, -0.2) is 0 Å². The number of benzene rings is 1. The van der Waals surface area contributed by atoms with Crippen molar-refractivity contribution in [3.8, 4) is 5.75 Å². The fraction of sp³-hybridized carbons (Fsp3) is 0.357. The zero-order chi connectivity index (χ0) is 13.0. The highest BCUT2D eigenvalue weighted by Crippen LogP contribution is 2.25. The molecule has 1 aromatic carbocycles. The van der Waals surface area contributed by atoms with Crippen molar-refractivity contribution in [1.82, 2.24) is 9.78 Å². The van der Waals surface area contributed by atoms with Crippen molar-refractivity contribution in [3.05, 3.63) is 47.8 Å². The predicted octanol–water partition coefficient (Wildman–Crippen LogP) is 2.06. The van der Waals surface area contributed by atoms with Crippen molar-refractivity contribution in [2.24, 2.45) is 12.8 Å². The van der Waals surface area contributed by atoms with Crippen LogP contribution in [0.25, 0.3) is 0 Å². The van der Waals surface area contributed by atoms with Gasteiger partial charge in [-0.2, -0.15) is 5.10 Å². The van der Waals surface area contributed by atoms with Gasteiger partial charge < -0.3 is 10.5 Å². The molecule has 0 aliphatic carbocycles. The third kappa shape index (κ3) is 2.90. The molecular formula is C14H19N3O. The molecule has 18 heavy (non-hydrogen) atoms. The molecule has 2 rings (SSSR count). The van der Waals surface area contributed by atoms with Crippen molar-refractivity contribution in [2.45, 2.75) is 19.4 Å². The van der Waals surface area contributed by atoms with E-state index in [1.165, 1.54) is 0 Å². The first-order valence-electron chi connectivity index (χ1n) is 6.15. The molecule has 1 atom stereocenters. The van der Waals surface area contributed by atoms with Gasteiger partial charge in [-0.15, -0.1) is 0 Å². The summed E-state index contributed by atoms with van der Waals surface area (Å²) in [5.74, 6) is 0.872. The number of hydrogen-bond acceptors (Lipinski definition) is 3. The minimum absolute atomic E-state index is 0.0723. The maximum absolute atomic E-state index is 6.25. The molecule has 4 nitrogen and oxygen atoms in total. The summed E-state index contributed by atoms with van der Waals surface area (Å²) in [6, 6.07) is 7.86. The molecule has 0 aliphatic rings. The van der Waals surface area contributed by atoms with Crippen molar-refractivity contribution in [2.75, 3.05) is 6.61 Å². The van der Waals surface area contributed by atoms with E-state index in [2.05, 4.69) is 5.10 Å². The van der Waals surface area contributed by atoms with Crippen LogP contribution in [0.15, 0.2) is 36.7 Å². The standard InChI is InChI=1S/C14H19N3O/c1-3-18-14-7-5-4-6-12(14)13(15)8-11-9-16-17(2)10-11/h4-7,9-10,13H,3,8,15H2,1-2H3. The Bertz CT molecular complexity index is 507. The molecule has 2 aromatic rings. The molecule has 0 bridgehead atoms. The number of aromatic nitrogens is 2. The summed E-state index contributed by atoms with van der Waals surface area (Å²) in [5, 5.41) is 4.15. The first-order chi connectivity index (χ1) is 8.70. The molecule has 1 aromatic heterocycles. The van der Waals surface area contributed by atoms with Gasteiger partial charge in [0.2, 0.25) is 0 Å². The Morgan fingerprint density at radius 2 is 2.17 bits per heavy atom. The Hall–Kier alpha value is -1.81. The van der Waals surface area contributed by atoms with E-state index in [0.29, 0.717) is 6.61 Å². The summed E-state index contributed by atoms with van der Waals surface area (Å²) in [6.07, 6.45) is 4.60. The van der Waals surface area contributed by atoms with E-state index in [0.717, 1.165) is 23.3 Å². The van der Waals surface area contributed by atoms with Crippen LogP contribution in [-0.2, 0) is 13.5 Å². The lowest BCUT2D eigenvalue weighted by molar-refractivity contribution is 0.334. The van der Waals surface area contributed by atoms with Crippen LogP contribution in [0.5, 0.6) is 5.75 Å². The molecule has 2 N–H and O–H groups in total. The molecule has 4 heteroatoms. The molecule has 0 radical (unpaired) electrons. The second-order valence-corrected chi connectivity index (χ2v) is 4.30. The minimum Gasteiger partial charge on any atom is -0.494 e. The summed E-state index contributed by atoms with van der Waals surface area (Å²) in [5.41, 5.74) is 8.43. The molecule has 96 valence electrons. The molecular weight excluding hydrogens is 226 g/mol. The third-order valence-electron chi connectivity index (χ3n) is 2.83. The fourth-order valence-electron chi connectivity index (χ4n) is 2.01. The van der Waals surface area contributed by atoms with Crippen molar-refractivity contribution >= 4 is 0 Å². The second kappa shape index (κ2) is 5.69. The minimum atomic E-state index is -0.0723. The highest BCUT2D eigenvalue weighted by Gasteiger charge is 2.13. The Morgan fingerprint density at radius 1 is 1.39 bits per heavy atom. The molecule has 0 aliphatic heterocycles. The Balaban J connectivity index is 2.15. The van der Waals surface area contributed by atoms with Crippen LogP contribution in [-0.4, -0.2) is 16.4 Å². The molecule has 0 fully saturated rings. The number of nitrogens with two attached hydrogens (primary N) is 1. The van der Waals surface area contributed by atoms with Gasteiger partial charge >= 0.3 is 0 Å². The van der Waals surface area contributed by atoms with Gasteiger partial charge in [-0.1, -0.05) is 18.2 Å². The van der Waals surface area contributed by atoms with Crippen LogP contribution >= 0.6 is 0 Å². The molecule has 1 unspecified atom stereocenters. The lowest BCUT2D eigenvalue weighted by Gasteiger charge is -2.15. The average molecular weight is 245 g/mol. The topological polar surface area (TPSA) is 53.1 Å². The van der Waals surface area contributed by atoms with Gasteiger partial charge in [0, 0.05) is 24.8 Å². The fourth-order valence-corrected chi connectivity index (χ4v) is 2.01. The molecule has 0 saturated carbocycles. The number of nitrogens with zero attached hydrogens (tertiary/aromatic N) is 2. The van der Waals surface area contributed by atoms with Gasteiger partial charge in [0.1, 0.15) is 5.75 Å². The van der Waals surface area contributed by atoms with E-state index in [-0.39, 0.29) is 6.04 Å². The average Bonchev–Trinajstić information content (AvgIpc) is 2.76. The number of rotatable bonds is 5. The van der Waals surface area contributed by atoms with Crippen LogP contribution in [0.3, 0.4) is 0 Å². The van der Waals surface area contributed by atoms with Crippen LogP contribution in [0.2, 0.25) is 0 Å². The smallest absolute Gasteiger partial charge is 0.124 e. The van der Waals surface area contributed by atoms with Gasteiger partial charge in [-0.3, -0.25) is 4.68 Å². The maximum atomic E-state index is 6.25. The van der Waals surface area contributed by atoms with Gasteiger partial charge in [0.05, 0.1) is 12.8 Å². The summed E-state index contributed by atoms with van der Waals surface area (Å²) in [6.45, 7) is 2.63. The first-order valence-corrected chi connectivity index (χ1v) is 6.15. The highest BCUT2D eigenvalue weighted by atomic mass is 16.5. The normalized spacial score (nSPS) is 12.4. The monoisotopic (exact) mass is 245 g/mol. The lowest BCUT2D eigenvalue weighted by Crippen LogP contribution is -2.14. The number of aryl methyl sites for hydroxylation is 1. The van der Waals surface area contributed by atoms with E-state index in [4.69, 9.17) is 10.5 Å². The summed E-state index contributed by atoms with van der Waals surface area (Å²) < 4.78 is 7.39. The molecule has 0 saturated heterocycles. The predicted molar refractivity (Wildman–Crippen MR) is 71.5 cm³/mol. The van der Waals surface area contributed by atoms with Crippen LogP contribution in [0.4, 0.5) is 0 Å². The Morgan fingerprint density at radius 3 is 2.83 bits per heavy atom. The zero-order valence-electron chi connectivity index (χ0n) is 10.8. The number of hydrogen-bond donors (Lipinski definition) is 1. The third-order valence-corrected chi connectivity index (χ3v) is 2.83. The largest absolute Gasteiger partial charge is 0.494 e. The summed E-state index contributed by atoms with van der Waals surface area (Å²) in [7, 11) is 1.91. The SMILES string of the molecule is CCOc1ccccc1C(N)Cc1cnn(C)c1. The van der Waals surface area contributed by atoms with E-state index in [1.54, 1.807) is 4.68 Å². The Labute approximate surface area is 107 Å². The van der Waals surface area contributed by atoms with E-state index < -0.39 is 0 Å². The Kier molecular flexibility index (Phi) is 3.99. The highest BCUT2D eigenvalue weighted by molar-refractivity contribution is 5.36. The first kappa shape index (κ1) is 12.6. The molecule has 0 amide bonds. The van der Waals surface area contributed by atoms with E-state index in [1.807, 2.05) is 50.6 Å². The van der Waals surface area contributed by atoms with E-state index in [9.17, 15) is 0 Å². The van der Waals surface area contributed by atoms with Gasteiger partial charge in [0.25, 0.3) is 0 Å². The van der Waals surface area contributed by atoms with Crippen molar-refractivity contribution in [1.29, 1.82) is 0 Å². The van der Waals surface area contributed by atoms with Crippen molar-refractivity contribution < 1.29 is 4.74 Å². The summed E-state index contributed by atoms with van der Waals surface area (Å²) in [4.78, 5) is 0.